The summed E-state index contributed by atoms with van der Waals surface area (Å²) >= 11 is 0. The van der Waals surface area contributed by atoms with Gasteiger partial charge >= 0.3 is 12.0 Å². The third kappa shape index (κ3) is 3.95. The van der Waals surface area contributed by atoms with Gasteiger partial charge in [0.1, 0.15) is 6.04 Å². The molecular formula is C15H21N3O3. The standard InChI is InChI=1S/C15H21N3O3/c1-11-3-5-13(6-4-11)16-15(21)18-9-7-17(8-10-18)12(2)14(19)20/h3-6,12H,7-10H2,1-2H3,(H,16,21)(H,19,20). The van der Waals surface area contributed by atoms with Gasteiger partial charge in [-0.1, -0.05) is 17.7 Å². The second-order valence-corrected chi connectivity index (χ2v) is 5.33. The van der Waals surface area contributed by atoms with Gasteiger partial charge in [0.15, 0.2) is 0 Å². The number of aliphatic carboxylic acids is 1. The number of hydrogen-bond donors (Lipinski definition) is 2. The molecule has 2 amide bonds. The van der Waals surface area contributed by atoms with E-state index in [-0.39, 0.29) is 6.03 Å². The van der Waals surface area contributed by atoms with Crippen LogP contribution >= 0.6 is 0 Å². The molecule has 1 atom stereocenters. The number of rotatable bonds is 3. The summed E-state index contributed by atoms with van der Waals surface area (Å²) < 4.78 is 0. The van der Waals surface area contributed by atoms with E-state index in [0.717, 1.165) is 11.3 Å². The van der Waals surface area contributed by atoms with Gasteiger partial charge in [0, 0.05) is 31.9 Å². The lowest BCUT2D eigenvalue weighted by Gasteiger charge is -2.36. The number of carboxylic acid groups (broad SMARTS) is 1. The van der Waals surface area contributed by atoms with Crippen LogP contribution in [0.3, 0.4) is 0 Å². The molecule has 6 nitrogen and oxygen atoms in total. The van der Waals surface area contributed by atoms with Crippen molar-refractivity contribution in [3.8, 4) is 0 Å². The van der Waals surface area contributed by atoms with Crippen molar-refractivity contribution in [2.75, 3.05) is 31.5 Å². The number of amides is 2. The lowest BCUT2D eigenvalue weighted by molar-refractivity contribution is -0.143. The molecule has 6 heteroatoms. The Kier molecular flexibility index (Phi) is 4.80. The maximum atomic E-state index is 12.1. The Hall–Kier alpha value is -2.08. The second kappa shape index (κ2) is 6.58. The molecule has 0 saturated carbocycles. The summed E-state index contributed by atoms with van der Waals surface area (Å²) in [5.41, 5.74) is 1.91. The van der Waals surface area contributed by atoms with E-state index in [2.05, 4.69) is 5.32 Å². The summed E-state index contributed by atoms with van der Waals surface area (Å²) in [5, 5.41) is 11.8. The molecule has 1 aliphatic rings. The average Bonchev–Trinajstić information content (AvgIpc) is 2.49. The molecule has 0 radical (unpaired) electrons. The number of urea groups is 1. The number of nitrogens with one attached hydrogen (secondary N) is 1. The summed E-state index contributed by atoms with van der Waals surface area (Å²) in [5.74, 6) is -0.826. The molecule has 0 bridgehead atoms. The normalized spacial score (nSPS) is 17.3. The summed E-state index contributed by atoms with van der Waals surface area (Å²) in [4.78, 5) is 26.7. The number of anilines is 1. The van der Waals surface area contributed by atoms with Gasteiger partial charge < -0.3 is 15.3 Å². The fourth-order valence-electron chi connectivity index (χ4n) is 2.31. The van der Waals surface area contributed by atoms with Crippen LogP contribution in [0.2, 0.25) is 0 Å². The van der Waals surface area contributed by atoms with Crippen molar-refractivity contribution >= 4 is 17.7 Å². The minimum Gasteiger partial charge on any atom is -0.480 e. The summed E-state index contributed by atoms with van der Waals surface area (Å²) in [6.45, 7) is 5.90. The lowest BCUT2D eigenvalue weighted by atomic mass is 10.2. The molecule has 114 valence electrons. The van der Waals surface area contributed by atoms with Crippen molar-refractivity contribution < 1.29 is 14.7 Å². The highest BCUT2D eigenvalue weighted by atomic mass is 16.4. The van der Waals surface area contributed by atoms with Gasteiger partial charge in [-0.2, -0.15) is 0 Å². The van der Waals surface area contributed by atoms with Crippen molar-refractivity contribution in [2.24, 2.45) is 0 Å². The number of benzene rings is 1. The van der Waals surface area contributed by atoms with E-state index >= 15 is 0 Å². The fourth-order valence-corrected chi connectivity index (χ4v) is 2.31. The van der Waals surface area contributed by atoms with E-state index < -0.39 is 12.0 Å². The van der Waals surface area contributed by atoms with Gasteiger partial charge in [0.25, 0.3) is 0 Å². The molecule has 2 N–H and O–H groups in total. The smallest absolute Gasteiger partial charge is 0.321 e. The Labute approximate surface area is 124 Å². The summed E-state index contributed by atoms with van der Waals surface area (Å²) in [7, 11) is 0. The van der Waals surface area contributed by atoms with Crippen LogP contribution in [0.25, 0.3) is 0 Å². The average molecular weight is 291 g/mol. The third-order valence-corrected chi connectivity index (χ3v) is 3.81. The van der Waals surface area contributed by atoms with Crippen LogP contribution in [-0.4, -0.2) is 59.1 Å². The number of hydrogen-bond acceptors (Lipinski definition) is 3. The topological polar surface area (TPSA) is 72.9 Å². The molecule has 2 rings (SSSR count). The van der Waals surface area contributed by atoms with Gasteiger partial charge in [-0.15, -0.1) is 0 Å². The van der Waals surface area contributed by atoms with E-state index in [0.29, 0.717) is 26.2 Å². The Morgan fingerprint density at radius 3 is 2.24 bits per heavy atom. The first kappa shape index (κ1) is 15.3. The number of aryl methyl sites for hydroxylation is 1. The first-order chi connectivity index (χ1) is 9.97. The van der Waals surface area contributed by atoms with Crippen molar-refractivity contribution in [2.45, 2.75) is 19.9 Å². The van der Waals surface area contributed by atoms with E-state index in [9.17, 15) is 9.59 Å². The van der Waals surface area contributed by atoms with Crippen LogP contribution in [0.15, 0.2) is 24.3 Å². The molecule has 0 spiro atoms. The number of nitrogens with zero attached hydrogens (tertiary/aromatic N) is 2. The van der Waals surface area contributed by atoms with Crippen LogP contribution in [0.5, 0.6) is 0 Å². The molecule has 1 aromatic rings. The fraction of sp³-hybridized carbons (Fsp3) is 0.467. The van der Waals surface area contributed by atoms with Crippen LogP contribution in [0.4, 0.5) is 10.5 Å². The first-order valence-corrected chi connectivity index (χ1v) is 7.07. The van der Waals surface area contributed by atoms with Crippen molar-refractivity contribution in [1.29, 1.82) is 0 Å². The van der Waals surface area contributed by atoms with Crippen molar-refractivity contribution in [3.05, 3.63) is 29.8 Å². The Balaban J connectivity index is 1.85. The Morgan fingerprint density at radius 2 is 1.71 bits per heavy atom. The maximum absolute atomic E-state index is 12.1. The van der Waals surface area contributed by atoms with E-state index in [1.807, 2.05) is 36.1 Å². The third-order valence-electron chi connectivity index (χ3n) is 3.81. The van der Waals surface area contributed by atoms with Crippen LogP contribution in [-0.2, 0) is 4.79 Å². The van der Waals surface area contributed by atoms with Crippen molar-refractivity contribution in [3.63, 3.8) is 0 Å². The Bertz CT molecular complexity index is 507. The molecule has 21 heavy (non-hydrogen) atoms. The molecule has 1 aromatic carbocycles. The van der Waals surface area contributed by atoms with Crippen molar-refractivity contribution in [1.82, 2.24) is 9.80 Å². The molecule has 0 aromatic heterocycles. The van der Waals surface area contributed by atoms with Gasteiger partial charge in [0.05, 0.1) is 0 Å². The van der Waals surface area contributed by atoms with Crippen LogP contribution in [0.1, 0.15) is 12.5 Å². The highest BCUT2D eigenvalue weighted by Crippen LogP contribution is 2.12. The van der Waals surface area contributed by atoms with E-state index in [4.69, 9.17) is 5.11 Å². The zero-order chi connectivity index (χ0) is 15.4. The van der Waals surface area contributed by atoms with Crippen LogP contribution < -0.4 is 5.32 Å². The van der Waals surface area contributed by atoms with Gasteiger partial charge in [-0.25, -0.2) is 4.79 Å². The highest BCUT2D eigenvalue weighted by Gasteiger charge is 2.27. The zero-order valence-electron chi connectivity index (χ0n) is 12.4. The number of carboxylic acids is 1. The van der Waals surface area contributed by atoms with Gasteiger partial charge in [-0.05, 0) is 26.0 Å². The quantitative estimate of drug-likeness (QED) is 0.887. The van der Waals surface area contributed by atoms with Crippen LogP contribution in [0, 0.1) is 6.92 Å². The Morgan fingerprint density at radius 1 is 1.14 bits per heavy atom. The lowest BCUT2D eigenvalue weighted by Crippen LogP contribution is -2.53. The summed E-state index contributed by atoms with van der Waals surface area (Å²) in [6, 6.07) is 6.99. The number of piperazine rings is 1. The first-order valence-electron chi connectivity index (χ1n) is 7.07. The monoisotopic (exact) mass is 291 g/mol. The van der Waals surface area contributed by atoms with E-state index in [1.165, 1.54) is 0 Å². The van der Waals surface area contributed by atoms with Gasteiger partial charge in [0.2, 0.25) is 0 Å². The zero-order valence-corrected chi connectivity index (χ0v) is 12.4. The number of carbonyl (C=O) groups is 2. The summed E-state index contributed by atoms with van der Waals surface area (Å²) in [6.07, 6.45) is 0. The maximum Gasteiger partial charge on any atom is 0.321 e. The van der Waals surface area contributed by atoms with Gasteiger partial charge in [-0.3, -0.25) is 9.69 Å². The van der Waals surface area contributed by atoms with E-state index in [1.54, 1.807) is 11.8 Å². The second-order valence-electron chi connectivity index (χ2n) is 5.33. The minimum absolute atomic E-state index is 0.138. The highest BCUT2D eigenvalue weighted by molar-refractivity contribution is 5.89. The molecular weight excluding hydrogens is 270 g/mol. The minimum atomic E-state index is -0.826. The molecule has 0 aliphatic carbocycles. The molecule has 1 fully saturated rings. The number of carbonyl (C=O) groups excluding carboxylic acids is 1. The molecule has 1 aliphatic heterocycles. The molecule has 1 heterocycles. The SMILES string of the molecule is Cc1ccc(NC(=O)N2CCN(C(C)C(=O)O)CC2)cc1. The molecule has 1 saturated heterocycles. The largest absolute Gasteiger partial charge is 0.480 e. The molecule has 1 unspecified atom stereocenters. The predicted octanol–water partition coefficient (Wildman–Crippen LogP) is 1.62. The predicted molar refractivity (Wildman–Crippen MR) is 80.4 cm³/mol.